The number of ether oxygens (including phenoxy) is 2. The third-order valence-electron chi connectivity index (χ3n) is 2.74. The lowest BCUT2D eigenvalue weighted by Gasteiger charge is -2.24. The van der Waals surface area contributed by atoms with Gasteiger partial charge in [-0.25, -0.2) is 0 Å². The number of hydrogen-bond donors (Lipinski definition) is 1. The predicted octanol–water partition coefficient (Wildman–Crippen LogP) is 2.42. The zero-order chi connectivity index (χ0) is 12.8. The van der Waals surface area contributed by atoms with E-state index in [2.05, 4.69) is 5.32 Å². The van der Waals surface area contributed by atoms with Gasteiger partial charge in [0.25, 0.3) is 0 Å². The van der Waals surface area contributed by atoms with Crippen molar-refractivity contribution in [2.24, 2.45) is 0 Å². The maximum absolute atomic E-state index is 11.3. The van der Waals surface area contributed by atoms with E-state index in [0.29, 0.717) is 11.4 Å². The number of carbonyl (C=O) groups is 1. The van der Waals surface area contributed by atoms with Crippen molar-refractivity contribution in [2.45, 2.75) is 18.9 Å². The van der Waals surface area contributed by atoms with Crippen LogP contribution < -0.4 is 10.1 Å². The fraction of sp³-hybridized carbons (Fsp3) is 0.462. The largest absolute Gasteiger partial charge is 0.488 e. The van der Waals surface area contributed by atoms with Crippen LogP contribution >= 0.6 is 11.6 Å². The van der Waals surface area contributed by atoms with E-state index >= 15 is 0 Å². The van der Waals surface area contributed by atoms with Gasteiger partial charge in [-0.15, -0.1) is 11.6 Å². The number of anilines is 1. The first kappa shape index (κ1) is 13.2. The number of rotatable bonds is 4. The Morgan fingerprint density at radius 3 is 2.83 bits per heavy atom. The van der Waals surface area contributed by atoms with Gasteiger partial charge in [0.05, 0.1) is 18.9 Å². The molecule has 2 rings (SSSR count). The third-order valence-corrected chi connectivity index (χ3v) is 2.99. The number of alkyl halides is 1. The van der Waals surface area contributed by atoms with Crippen LogP contribution in [0.2, 0.25) is 0 Å². The van der Waals surface area contributed by atoms with Crippen LogP contribution in [0.4, 0.5) is 5.69 Å². The minimum atomic E-state index is -0.236. The van der Waals surface area contributed by atoms with Crippen LogP contribution in [0.15, 0.2) is 24.3 Å². The molecule has 0 aromatic heterocycles. The summed E-state index contributed by atoms with van der Waals surface area (Å²) in [6.45, 7) is 1.45. The Labute approximate surface area is 111 Å². The number of hydrogen-bond acceptors (Lipinski definition) is 3. The van der Waals surface area contributed by atoms with Crippen molar-refractivity contribution < 1.29 is 14.3 Å². The Bertz CT molecular complexity index is 405. The molecule has 0 atom stereocenters. The standard InChI is InChI=1S/C13H16ClNO3/c14-9-13(16)15-11-3-1-2-4-12(11)18-10-5-7-17-8-6-10/h1-4,10H,5-9H2,(H,15,16). The Morgan fingerprint density at radius 1 is 1.39 bits per heavy atom. The molecule has 1 aromatic rings. The number of benzene rings is 1. The van der Waals surface area contributed by atoms with Crippen molar-refractivity contribution in [2.75, 3.05) is 24.4 Å². The summed E-state index contributed by atoms with van der Waals surface area (Å²) < 4.78 is 11.2. The summed E-state index contributed by atoms with van der Waals surface area (Å²) in [4.78, 5) is 11.3. The molecule has 1 aliphatic rings. The van der Waals surface area contributed by atoms with Gasteiger partial charge >= 0.3 is 0 Å². The highest BCUT2D eigenvalue weighted by Gasteiger charge is 2.17. The summed E-state index contributed by atoms with van der Waals surface area (Å²) in [5.74, 6) is 0.383. The molecule has 1 amide bonds. The number of amides is 1. The summed E-state index contributed by atoms with van der Waals surface area (Å²) in [6.07, 6.45) is 1.89. The van der Waals surface area contributed by atoms with E-state index in [1.807, 2.05) is 18.2 Å². The normalized spacial score (nSPS) is 16.3. The van der Waals surface area contributed by atoms with Gasteiger partial charge < -0.3 is 14.8 Å². The van der Waals surface area contributed by atoms with E-state index in [1.165, 1.54) is 0 Å². The molecule has 1 aromatic carbocycles. The van der Waals surface area contributed by atoms with E-state index in [1.54, 1.807) is 6.07 Å². The van der Waals surface area contributed by atoms with Crippen molar-refractivity contribution in [1.82, 2.24) is 0 Å². The predicted molar refractivity (Wildman–Crippen MR) is 70.3 cm³/mol. The quantitative estimate of drug-likeness (QED) is 0.854. The first-order valence-electron chi connectivity index (χ1n) is 5.99. The van der Waals surface area contributed by atoms with Crippen molar-refractivity contribution in [3.05, 3.63) is 24.3 Å². The first-order valence-corrected chi connectivity index (χ1v) is 6.52. The van der Waals surface area contributed by atoms with Gasteiger partial charge in [-0.3, -0.25) is 4.79 Å². The molecule has 0 bridgehead atoms. The van der Waals surface area contributed by atoms with Gasteiger partial charge in [0.2, 0.25) is 5.91 Å². The van der Waals surface area contributed by atoms with Crippen LogP contribution in [0, 0.1) is 0 Å². The van der Waals surface area contributed by atoms with Gasteiger partial charge in [-0.1, -0.05) is 12.1 Å². The van der Waals surface area contributed by atoms with E-state index in [9.17, 15) is 4.79 Å². The van der Waals surface area contributed by atoms with Crippen LogP contribution in [0.5, 0.6) is 5.75 Å². The highest BCUT2D eigenvalue weighted by atomic mass is 35.5. The van der Waals surface area contributed by atoms with E-state index in [0.717, 1.165) is 26.1 Å². The van der Waals surface area contributed by atoms with Gasteiger partial charge in [0, 0.05) is 12.8 Å². The van der Waals surface area contributed by atoms with Crippen LogP contribution in [-0.4, -0.2) is 31.1 Å². The lowest BCUT2D eigenvalue weighted by molar-refractivity contribution is -0.113. The zero-order valence-corrected chi connectivity index (χ0v) is 10.8. The fourth-order valence-electron chi connectivity index (χ4n) is 1.83. The second-order valence-electron chi connectivity index (χ2n) is 4.11. The molecule has 4 nitrogen and oxygen atoms in total. The second kappa shape index (κ2) is 6.61. The molecular weight excluding hydrogens is 254 g/mol. The van der Waals surface area contributed by atoms with Crippen LogP contribution in [0.1, 0.15) is 12.8 Å². The van der Waals surface area contributed by atoms with Crippen molar-refractivity contribution in [1.29, 1.82) is 0 Å². The zero-order valence-electron chi connectivity index (χ0n) is 10.0. The molecule has 1 fully saturated rings. The Balaban J connectivity index is 2.04. The molecule has 1 heterocycles. The Morgan fingerprint density at radius 2 is 2.11 bits per heavy atom. The number of halogens is 1. The van der Waals surface area contributed by atoms with Crippen LogP contribution in [0.25, 0.3) is 0 Å². The molecule has 5 heteroatoms. The summed E-state index contributed by atoms with van der Waals surface area (Å²) in [7, 11) is 0. The summed E-state index contributed by atoms with van der Waals surface area (Å²) in [5, 5.41) is 2.72. The molecule has 1 saturated heterocycles. The van der Waals surface area contributed by atoms with Crippen LogP contribution in [-0.2, 0) is 9.53 Å². The minimum Gasteiger partial charge on any atom is -0.488 e. The monoisotopic (exact) mass is 269 g/mol. The summed E-state index contributed by atoms with van der Waals surface area (Å²) in [6, 6.07) is 7.38. The van der Waals surface area contributed by atoms with Gasteiger partial charge in [0.15, 0.2) is 0 Å². The van der Waals surface area contributed by atoms with E-state index in [-0.39, 0.29) is 17.9 Å². The summed E-state index contributed by atoms with van der Waals surface area (Å²) in [5.41, 5.74) is 0.662. The summed E-state index contributed by atoms with van der Waals surface area (Å²) >= 11 is 5.48. The second-order valence-corrected chi connectivity index (χ2v) is 4.37. The van der Waals surface area contributed by atoms with Gasteiger partial charge in [-0.05, 0) is 12.1 Å². The average molecular weight is 270 g/mol. The molecule has 0 unspecified atom stereocenters. The smallest absolute Gasteiger partial charge is 0.239 e. The molecule has 1 N–H and O–H groups in total. The molecular formula is C13H16ClNO3. The van der Waals surface area contributed by atoms with E-state index < -0.39 is 0 Å². The Hall–Kier alpha value is -1.26. The average Bonchev–Trinajstić information content (AvgIpc) is 2.42. The number of para-hydroxylation sites is 2. The minimum absolute atomic E-state index is 0.0639. The number of carbonyl (C=O) groups excluding carboxylic acids is 1. The lowest BCUT2D eigenvalue weighted by Crippen LogP contribution is -2.26. The molecule has 18 heavy (non-hydrogen) atoms. The SMILES string of the molecule is O=C(CCl)Nc1ccccc1OC1CCOCC1. The van der Waals surface area contributed by atoms with Gasteiger partial charge in [-0.2, -0.15) is 0 Å². The highest BCUT2D eigenvalue weighted by Crippen LogP contribution is 2.26. The molecule has 0 radical (unpaired) electrons. The highest BCUT2D eigenvalue weighted by molar-refractivity contribution is 6.29. The molecule has 1 aliphatic heterocycles. The van der Waals surface area contributed by atoms with Crippen molar-refractivity contribution in [3.63, 3.8) is 0 Å². The van der Waals surface area contributed by atoms with E-state index in [4.69, 9.17) is 21.1 Å². The molecule has 0 saturated carbocycles. The maximum atomic E-state index is 11.3. The molecule has 0 spiro atoms. The first-order chi connectivity index (χ1) is 8.79. The van der Waals surface area contributed by atoms with Gasteiger partial charge in [0.1, 0.15) is 17.7 Å². The van der Waals surface area contributed by atoms with Crippen LogP contribution in [0.3, 0.4) is 0 Å². The number of nitrogens with one attached hydrogen (secondary N) is 1. The maximum Gasteiger partial charge on any atom is 0.239 e. The molecule has 0 aliphatic carbocycles. The third kappa shape index (κ3) is 3.62. The lowest BCUT2D eigenvalue weighted by atomic mass is 10.1. The molecule has 98 valence electrons. The Kier molecular flexibility index (Phi) is 4.84. The fourth-order valence-corrected chi connectivity index (χ4v) is 1.90. The van der Waals surface area contributed by atoms with Crippen molar-refractivity contribution >= 4 is 23.2 Å². The van der Waals surface area contributed by atoms with Crippen molar-refractivity contribution in [3.8, 4) is 5.75 Å². The topological polar surface area (TPSA) is 47.6 Å².